The number of rotatable bonds is 3. The highest BCUT2D eigenvalue weighted by Crippen LogP contribution is 2.26. The molecule has 1 aliphatic rings. The number of fused-ring (bicyclic) bond motifs is 1. The number of aromatic nitrogens is 1. The third-order valence-corrected chi connectivity index (χ3v) is 5.34. The molecule has 2 aromatic rings. The Morgan fingerprint density at radius 3 is 2.88 bits per heavy atom. The summed E-state index contributed by atoms with van der Waals surface area (Å²) in [5.41, 5.74) is 1.99. The van der Waals surface area contributed by atoms with E-state index in [1.54, 1.807) is 29.2 Å². The Hall–Kier alpha value is -1.70. The number of hydrogen-bond acceptors (Lipinski definition) is 4. The molecule has 6 nitrogen and oxygen atoms in total. The van der Waals surface area contributed by atoms with Crippen molar-refractivity contribution in [2.45, 2.75) is 13.3 Å². The highest BCUT2D eigenvalue weighted by molar-refractivity contribution is 7.89. The van der Waals surface area contributed by atoms with Crippen molar-refractivity contribution in [1.82, 2.24) is 9.88 Å². The van der Waals surface area contributed by atoms with Gasteiger partial charge in [-0.3, -0.25) is 9.78 Å². The first-order valence-corrected chi connectivity index (χ1v) is 9.69. The van der Waals surface area contributed by atoms with Crippen LogP contribution in [0.3, 0.4) is 0 Å². The molecule has 8 heteroatoms. The fraction of sp³-hybridized carbons (Fsp3) is 0.375. The third kappa shape index (κ3) is 3.68. The molecule has 0 saturated carbocycles. The van der Waals surface area contributed by atoms with Gasteiger partial charge in [0.1, 0.15) is 0 Å². The number of likely N-dealkylation sites (tertiary alicyclic amines) is 1. The number of nitrogens with two attached hydrogens (primary N) is 1. The summed E-state index contributed by atoms with van der Waals surface area (Å²) in [6, 6.07) is 7.00. The first-order chi connectivity index (χ1) is 11.2. The summed E-state index contributed by atoms with van der Waals surface area (Å²) in [5, 5.41) is 6.34. The molecule has 1 fully saturated rings. The molecule has 2 N–H and O–H groups in total. The summed E-state index contributed by atoms with van der Waals surface area (Å²) < 4.78 is 22.5. The maximum atomic E-state index is 12.9. The van der Waals surface area contributed by atoms with Crippen LogP contribution in [-0.2, 0) is 10.0 Å². The topological polar surface area (TPSA) is 93.4 Å². The van der Waals surface area contributed by atoms with Gasteiger partial charge in [-0.25, -0.2) is 13.6 Å². The maximum Gasteiger partial charge on any atom is 0.254 e. The Balaban J connectivity index is 1.91. The van der Waals surface area contributed by atoms with E-state index in [0.717, 1.165) is 5.69 Å². The van der Waals surface area contributed by atoms with Crippen LogP contribution in [0.1, 0.15) is 22.5 Å². The Bertz CT molecular complexity index is 914. The third-order valence-electron chi connectivity index (χ3n) is 4.17. The predicted octanol–water partition coefficient (Wildman–Crippen LogP) is 1.95. The maximum absolute atomic E-state index is 12.9. The number of amides is 1. The molecule has 128 valence electrons. The van der Waals surface area contributed by atoms with E-state index in [-0.39, 0.29) is 17.6 Å². The Labute approximate surface area is 145 Å². The van der Waals surface area contributed by atoms with Crippen molar-refractivity contribution < 1.29 is 13.2 Å². The molecule has 0 spiro atoms. The number of hydrogen-bond donors (Lipinski definition) is 1. The average molecular weight is 368 g/mol. The van der Waals surface area contributed by atoms with Crippen molar-refractivity contribution in [1.29, 1.82) is 0 Å². The van der Waals surface area contributed by atoms with Crippen molar-refractivity contribution in [3.8, 4) is 0 Å². The molecule has 0 aliphatic carbocycles. The molecule has 0 bridgehead atoms. The van der Waals surface area contributed by atoms with Crippen LogP contribution in [0.5, 0.6) is 0 Å². The van der Waals surface area contributed by atoms with E-state index in [9.17, 15) is 13.2 Å². The summed E-state index contributed by atoms with van der Waals surface area (Å²) >= 11 is 6.06. The minimum Gasteiger partial charge on any atom is -0.338 e. The summed E-state index contributed by atoms with van der Waals surface area (Å²) in [4.78, 5) is 19.0. The lowest BCUT2D eigenvalue weighted by Crippen LogP contribution is -2.31. The number of benzene rings is 1. The van der Waals surface area contributed by atoms with E-state index >= 15 is 0 Å². The van der Waals surface area contributed by atoms with Gasteiger partial charge in [0, 0.05) is 29.2 Å². The van der Waals surface area contributed by atoms with E-state index in [2.05, 4.69) is 4.98 Å². The highest BCUT2D eigenvalue weighted by Gasteiger charge is 2.30. The normalized spacial score (nSPS) is 18.3. The molecule has 1 saturated heterocycles. The van der Waals surface area contributed by atoms with Gasteiger partial charge in [-0.15, -0.1) is 0 Å². The van der Waals surface area contributed by atoms with E-state index in [1.807, 2.05) is 6.92 Å². The number of halogens is 1. The van der Waals surface area contributed by atoms with Crippen molar-refractivity contribution in [2.75, 3.05) is 18.8 Å². The van der Waals surface area contributed by atoms with Gasteiger partial charge in [-0.2, -0.15) is 0 Å². The highest BCUT2D eigenvalue weighted by atomic mass is 35.5. The fourth-order valence-electron chi connectivity index (χ4n) is 3.16. The second kappa shape index (κ2) is 6.31. The van der Waals surface area contributed by atoms with E-state index in [0.29, 0.717) is 41.0 Å². The number of sulfonamides is 1. The van der Waals surface area contributed by atoms with Gasteiger partial charge in [0.05, 0.1) is 16.8 Å². The molecule has 1 aliphatic heterocycles. The fourth-order valence-corrected chi connectivity index (χ4v) is 4.26. The molecular weight excluding hydrogens is 350 g/mol. The van der Waals surface area contributed by atoms with Crippen molar-refractivity contribution in [3.05, 3.63) is 40.5 Å². The lowest BCUT2D eigenvalue weighted by atomic mass is 10.1. The summed E-state index contributed by atoms with van der Waals surface area (Å²) in [6.45, 7) is 2.74. The monoisotopic (exact) mass is 367 g/mol. The van der Waals surface area contributed by atoms with Crippen molar-refractivity contribution >= 4 is 38.4 Å². The van der Waals surface area contributed by atoms with Crippen LogP contribution in [0.2, 0.25) is 5.02 Å². The smallest absolute Gasteiger partial charge is 0.254 e. The molecule has 1 amide bonds. The second-order valence-electron chi connectivity index (χ2n) is 6.21. The Morgan fingerprint density at radius 2 is 2.17 bits per heavy atom. The van der Waals surface area contributed by atoms with Gasteiger partial charge in [0.25, 0.3) is 5.91 Å². The van der Waals surface area contributed by atoms with Crippen LogP contribution < -0.4 is 5.14 Å². The standard InChI is InChI=1S/C16H18ClN3O3S/c1-10-6-14(13-7-12(17)2-3-15(13)19-10)16(21)20-5-4-11(8-20)9-24(18,22)23/h2-3,6-7,11H,4-5,8-9H2,1H3,(H2,18,22,23)/t11-/m1/s1. The molecule has 2 heterocycles. The van der Waals surface area contributed by atoms with Crippen LogP contribution >= 0.6 is 11.6 Å². The van der Waals surface area contributed by atoms with Gasteiger partial charge in [0.15, 0.2) is 0 Å². The summed E-state index contributed by atoms with van der Waals surface area (Å²) in [6.07, 6.45) is 0.630. The zero-order valence-corrected chi connectivity index (χ0v) is 14.8. The number of aryl methyl sites for hydroxylation is 1. The molecule has 1 aromatic heterocycles. The minimum atomic E-state index is -3.53. The number of pyridine rings is 1. The number of carbonyl (C=O) groups excluding carboxylic acids is 1. The first-order valence-electron chi connectivity index (χ1n) is 7.59. The van der Waals surface area contributed by atoms with E-state index in [1.165, 1.54) is 0 Å². The van der Waals surface area contributed by atoms with Gasteiger partial charge in [-0.05, 0) is 43.5 Å². The zero-order valence-electron chi connectivity index (χ0n) is 13.2. The summed E-state index contributed by atoms with van der Waals surface area (Å²) in [7, 11) is -3.53. The lowest BCUT2D eigenvalue weighted by molar-refractivity contribution is 0.0790. The van der Waals surface area contributed by atoms with Gasteiger partial charge in [0.2, 0.25) is 10.0 Å². The van der Waals surface area contributed by atoms with Crippen molar-refractivity contribution in [2.24, 2.45) is 11.1 Å². The van der Waals surface area contributed by atoms with Gasteiger partial charge < -0.3 is 4.90 Å². The van der Waals surface area contributed by atoms with E-state index < -0.39 is 10.0 Å². The quantitative estimate of drug-likeness (QED) is 0.897. The second-order valence-corrected chi connectivity index (χ2v) is 8.30. The van der Waals surface area contributed by atoms with Crippen molar-refractivity contribution in [3.63, 3.8) is 0 Å². The minimum absolute atomic E-state index is 0.0985. The molecule has 1 aromatic carbocycles. The SMILES string of the molecule is Cc1cc(C(=O)N2CC[C@@H](CS(N)(=O)=O)C2)c2cc(Cl)ccc2n1. The van der Waals surface area contributed by atoms with E-state index in [4.69, 9.17) is 16.7 Å². The molecule has 3 rings (SSSR count). The van der Waals surface area contributed by atoms with Gasteiger partial charge >= 0.3 is 0 Å². The van der Waals surface area contributed by atoms with Gasteiger partial charge in [-0.1, -0.05) is 11.6 Å². The Kier molecular flexibility index (Phi) is 4.50. The lowest BCUT2D eigenvalue weighted by Gasteiger charge is -2.18. The van der Waals surface area contributed by atoms with Crippen LogP contribution in [-0.4, -0.2) is 43.1 Å². The summed E-state index contributed by atoms with van der Waals surface area (Å²) in [5.74, 6) is -0.356. The number of primary sulfonamides is 1. The molecule has 0 unspecified atom stereocenters. The largest absolute Gasteiger partial charge is 0.338 e. The molecule has 1 atom stereocenters. The van der Waals surface area contributed by atoms with Crippen LogP contribution in [0.4, 0.5) is 0 Å². The Morgan fingerprint density at radius 1 is 1.42 bits per heavy atom. The average Bonchev–Trinajstić information content (AvgIpc) is 2.92. The first kappa shape index (κ1) is 17.1. The zero-order chi connectivity index (χ0) is 17.5. The van der Waals surface area contributed by atoms with Crippen LogP contribution in [0.25, 0.3) is 10.9 Å². The number of carbonyl (C=O) groups is 1. The molecular formula is C16H18ClN3O3S. The van der Waals surface area contributed by atoms with Crippen LogP contribution in [0.15, 0.2) is 24.3 Å². The van der Waals surface area contributed by atoms with Crippen LogP contribution in [0, 0.1) is 12.8 Å². The molecule has 24 heavy (non-hydrogen) atoms. The predicted molar refractivity (Wildman–Crippen MR) is 93.5 cm³/mol. The molecule has 0 radical (unpaired) electrons. The number of nitrogens with zero attached hydrogens (tertiary/aromatic N) is 2.